The highest BCUT2D eigenvalue weighted by molar-refractivity contribution is 5.59. The topological polar surface area (TPSA) is 48.8 Å². The van der Waals surface area contributed by atoms with E-state index in [1.54, 1.807) is 0 Å². The second-order valence-corrected chi connectivity index (χ2v) is 6.37. The third-order valence-electron chi connectivity index (χ3n) is 4.55. The number of ether oxygens (including phenoxy) is 1. The lowest BCUT2D eigenvalue weighted by molar-refractivity contribution is 0.0320. The Balaban J connectivity index is 1.61. The second kappa shape index (κ2) is 9.63. The van der Waals surface area contributed by atoms with E-state index in [1.165, 1.54) is 5.56 Å². The van der Waals surface area contributed by atoms with Gasteiger partial charge >= 0.3 is 0 Å². The number of rotatable bonds is 8. The van der Waals surface area contributed by atoms with E-state index in [-0.39, 0.29) is 6.61 Å². The van der Waals surface area contributed by atoms with Crippen LogP contribution in [0.15, 0.2) is 48.7 Å². The molecule has 0 saturated carbocycles. The first-order valence-corrected chi connectivity index (χ1v) is 8.99. The van der Waals surface area contributed by atoms with Gasteiger partial charge in [0.2, 0.25) is 0 Å². The number of pyridine rings is 1. The Morgan fingerprint density at radius 1 is 1.08 bits per heavy atom. The van der Waals surface area contributed by atoms with Gasteiger partial charge in [-0.15, -0.1) is 0 Å². The fourth-order valence-electron chi connectivity index (χ4n) is 3.14. The number of hydrogen-bond acceptors (Lipinski definition) is 5. The summed E-state index contributed by atoms with van der Waals surface area (Å²) in [5, 5.41) is 9.40. The standard InChI is InChI=1S/C20H27N3O2/c24-13-10-23(9-8-22-11-14-25-15-12-22)17-18-4-3-5-19(16-18)20-6-1-2-7-21-20/h1-7,16,24H,8-15,17H2. The molecule has 0 spiro atoms. The van der Waals surface area contributed by atoms with Crippen LogP contribution in [0, 0.1) is 0 Å². The molecule has 0 radical (unpaired) electrons. The zero-order valence-electron chi connectivity index (χ0n) is 14.7. The summed E-state index contributed by atoms with van der Waals surface area (Å²) < 4.78 is 5.40. The second-order valence-electron chi connectivity index (χ2n) is 6.37. The van der Waals surface area contributed by atoms with Crippen molar-refractivity contribution >= 4 is 0 Å². The normalized spacial score (nSPS) is 15.6. The molecule has 1 aliphatic heterocycles. The number of benzene rings is 1. The van der Waals surface area contributed by atoms with Crippen molar-refractivity contribution in [3.63, 3.8) is 0 Å². The molecule has 25 heavy (non-hydrogen) atoms. The molecule has 2 aromatic rings. The Kier molecular flexibility index (Phi) is 6.94. The minimum absolute atomic E-state index is 0.184. The van der Waals surface area contributed by atoms with Crippen molar-refractivity contribution in [1.29, 1.82) is 0 Å². The van der Waals surface area contributed by atoms with Gasteiger partial charge in [-0.2, -0.15) is 0 Å². The summed E-state index contributed by atoms with van der Waals surface area (Å²) in [4.78, 5) is 9.17. The molecule has 3 rings (SSSR count). The fourth-order valence-corrected chi connectivity index (χ4v) is 3.14. The molecule has 0 amide bonds. The molecule has 1 aliphatic rings. The molecule has 0 aliphatic carbocycles. The maximum atomic E-state index is 9.40. The number of hydrogen-bond donors (Lipinski definition) is 1. The predicted octanol–water partition coefficient (Wildman–Crippen LogP) is 1.88. The van der Waals surface area contributed by atoms with Crippen molar-refractivity contribution in [2.75, 3.05) is 52.5 Å². The third-order valence-corrected chi connectivity index (χ3v) is 4.55. The SMILES string of the molecule is OCCN(CCN1CCOCC1)Cc1cccc(-c2ccccn2)c1. The first-order valence-electron chi connectivity index (χ1n) is 8.99. The van der Waals surface area contributed by atoms with Gasteiger partial charge in [0.25, 0.3) is 0 Å². The van der Waals surface area contributed by atoms with Crippen LogP contribution in [0.2, 0.25) is 0 Å². The van der Waals surface area contributed by atoms with Crippen molar-refractivity contribution in [3.05, 3.63) is 54.2 Å². The van der Waals surface area contributed by atoms with Crippen molar-refractivity contribution < 1.29 is 9.84 Å². The maximum Gasteiger partial charge on any atom is 0.0702 e. The van der Waals surface area contributed by atoms with Crippen molar-refractivity contribution in [3.8, 4) is 11.3 Å². The first-order chi connectivity index (χ1) is 12.3. The number of aliphatic hydroxyl groups is 1. The van der Waals surface area contributed by atoms with Gasteiger partial charge in [-0.25, -0.2) is 0 Å². The van der Waals surface area contributed by atoms with Gasteiger partial charge in [-0.1, -0.05) is 24.3 Å². The minimum Gasteiger partial charge on any atom is -0.395 e. The van der Waals surface area contributed by atoms with Crippen LogP contribution in [0.3, 0.4) is 0 Å². The van der Waals surface area contributed by atoms with Crippen LogP contribution in [0.1, 0.15) is 5.56 Å². The average Bonchev–Trinajstić information content (AvgIpc) is 2.68. The minimum atomic E-state index is 0.184. The summed E-state index contributed by atoms with van der Waals surface area (Å²) in [6.07, 6.45) is 1.82. The van der Waals surface area contributed by atoms with E-state index in [2.05, 4.69) is 39.0 Å². The summed E-state index contributed by atoms with van der Waals surface area (Å²) in [5.41, 5.74) is 3.38. The molecule has 1 saturated heterocycles. The van der Waals surface area contributed by atoms with E-state index in [1.807, 2.05) is 24.4 Å². The van der Waals surface area contributed by atoms with Gasteiger partial charge in [-0.3, -0.25) is 14.8 Å². The molecule has 5 heteroatoms. The fraction of sp³-hybridized carbons (Fsp3) is 0.450. The summed E-state index contributed by atoms with van der Waals surface area (Å²) in [7, 11) is 0. The van der Waals surface area contributed by atoms with Crippen LogP contribution in [-0.4, -0.2) is 72.4 Å². The van der Waals surface area contributed by atoms with Crippen LogP contribution in [-0.2, 0) is 11.3 Å². The molecule has 0 bridgehead atoms. The highest BCUT2D eigenvalue weighted by atomic mass is 16.5. The van der Waals surface area contributed by atoms with Crippen LogP contribution < -0.4 is 0 Å². The number of aromatic nitrogens is 1. The van der Waals surface area contributed by atoms with Gasteiger partial charge in [0.05, 0.1) is 25.5 Å². The molecule has 134 valence electrons. The van der Waals surface area contributed by atoms with Crippen LogP contribution >= 0.6 is 0 Å². The quantitative estimate of drug-likeness (QED) is 0.794. The summed E-state index contributed by atoms with van der Waals surface area (Å²) in [5.74, 6) is 0. The zero-order chi connectivity index (χ0) is 17.3. The van der Waals surface area contributed by atoms with Gasteiger partial charge in [0, 0.05) is 51.0 Å². The lowest BCUT2D eigenvalue weighted by Crippen LogP contribution is -2.41. The molecule has 0 atom stereocenters. The Bertz CT molecular complexity index is 630. The van der Waals surface area contributed by atoms with Crippen molar-refractivity contribution in [1.82, 2.24) is 14.8 Å². The number of morpholine rings is 1. The number of aliphatic hydroxyl groups excluding tert-OH is 1. The largest absolute Gasteiger partial charge is 0.395 e. The van der Waals surface area contributed by atoms with Crippen molar-refractivity contribution in [2.45, 2.75) is 6.54 Å². The van der Waals surface area contributed by atoms with E-state index in [0.29, 0.717) is 6.54 Å². The molecule has 2 heterocycles. The van der Waals surface area contributed by atoms with Gasteiger partial charge in [0.15, 0.2) is 0 Å². The summed E-state index contributed by atoms with van der Waals surface area (Å²) >= 11 is 0. The highest BCUT2D eigenvalue weighted by Gasteiger charge is 2.13. The Hall–Kier alpha value is -1.79. The summed E-state index contributed by atoms with van der Waals surface area (Å²) in [6.45, 7) is 7.34. The lowest BCUT2D eigenvalue weighted by atomic mass is 10.1. The summed E-state index contributed by atoms with van der Waals surface area (Å²) in [6, 6.07) is 14.5. The van der Waals surface area contributed by atoms with E-state index in [4.69, 9.17) is 4.74 Å². The van der Waals surface area contributed by atoms with Gasteiger partial charge in [-0.05, 0) is 23.8 Å². The highest BCUT2D eigenvalue weighted by Crippen LogP contribution is 2.18. The average molecular weight is 341 g/mol. The number of nitrogens with zero attached hydrogens (tertiary/aromatic N) is 3. The molecule has 1 fully saturated rings. The van der Waals surface area contributed by atoms with Gasteiger partial charge in [0.1, 0.15) is 0 Å². The van der Waals surface area contributed by atoms with E-state index < -0.39 is 0 Å². The first kappa shape index (κ1) is 18.0. The monoisotopic (exact) mass is 341 g/mol. The molecule has 0 unspecified atom stereocenters. The molecule has 1 aromatic heterocycles. The van der Waals surface area contributed by atoms with Gasteiger partial charge < -0.3 is 9.84 Å². The third kappa shape index (κ3) is 5.61. The molecular weight excluding hydrogens is 314 g/mol. The Morgan fingerprint density at radius 3 is 2.72 bits per heavy atom. The molecule has 1 N–H and O–H groups in total. The van der Waals surface area contributed by atoms with E-state index in [0.717, 1.165) is 57.2 Å². The van der Waals surface area contributed by atoms with E-state index >= 15 is 0 Å². The molecule has 1 aromatic carbocycles. The Morgan fingerprint density at radius 2 is 1.96 bits per heavy atom. The maximum absolute atomic E-state index is 9.40. The van der Waals surface area contributed by atoms with Crippen molar-refractivity contribution in [2.24, 2.45) is 0 Å². The van der Waals surface area contributed by atoms with Crippen LogP contribution in [0.5, 0.6) is 0 Å². The smallest absolute Gasteiger partial charge is 0.0702 e. The predicted molar refractivity (Wildman–Crippen MR) is 99.3 cm³/mol. The lowest BCUT2D eigenvalue weighted by Gasteiger charge is -2.30. The Labute approximate surface area is 149 Å². The van der Waals surface area contributed by atoms with E-state index in [9.17, 15) is 5.11 Å². The molecular formula is C20H27N3O2. The molecule has 5 nitrogen and oxygen atoms in total. The van der Waals surface area contributed by atoms with Crippen LogP contribution in [0.25, 0.3) is 11.3 Å². The van der Waals surface area contributed by atoms with Crippen LogP contribution in [0.4, 0.5) is 0 Å². The zero-order valence-corrected chi connectivity index (χ0v) is 14.7.